The first-order valence-electron chi connectivity index (χ1n) is 5.50. The Morgan fingerprint density at radius 2 is 2.20 bits per heavy atom. The summed E-state index contributed by atoms with van der Waals surface area (Å²) in [6.07, 6.45) is 0. The maximum Gasteiger partial charge on any atom is 0.0606 e. The SMILES string of the molecule is CC1CN(C(C)C)c2ccc(N)cc2N1. The van der Waals surface area contributed by atoms with E-state index in [4.69, 9.17) is 5.73 Å². The second kappa shape index (κ2) is 3.65. The average Bonchev–Trinajstić information content (AvgIpc) is 2.15. The Morgan fingerprint density at radius 1 is 1.47 bits per heavy atom. The molecule has 1 aromatic carbocycles. The van der Waals surface area contributed by atoms with Crippen LogP contribution in [0.4, 0.5) is 17.1 Å². The molecular weight excluding hydrogens is 186 g/mol. The summed E-state index contributed by atoms with van der Waals surface area (Å²) >= 11 is 0. The highest BCUT2D eigenvalue weighted by molar-refractivity contribution is 5.76. The smallest absolute Gasteiger partial charge is 0.0606 e. The van der Waals surface area contributed by atoms with E-state index < -0.39 is 0 Å². The van der Waals surface area contributed by atoms with Crippen molar-refractivity contribution in [3.8, 4) is 0 Å². The zero-order chi connectivity index (χ0) is 11.0. The van der Waals surface area contributed by atoms with Gasteiger partial charge >= 0.3 is 0 Å². The van der Waals surface area contributed by atoms with Crippen LogP contribution in [0, 0.1) is 0 Å². The molecule has 1 atom stereocenters. The number of nitrogens with zero attached hydrogens (tertiary/aromatic N) is 1. The minimum absolute atomic E-state index is 0.474. The molecule has 1 aromatic rings. The molecule has 0 saturated heterocycles. The van der Waals surface area contributed by atoms with Gasteiger partial charge in [-0.1, -0.05) is 0 Å². The van der Waals surface area contributed by atoms with Crippen molar-refractivity contribution in [2.45, 2.75) is 32.9 Å². The second-order valence-electron chi connectivity index (χ2n) is 4.57. The topological polar surface area (TPSA) is 41.3 Å². The summed E-state index contributed by atoms with van der Waals surface area (Å²) < 4.78 is 0. The molecule has 3 heteroatoms. The van der Waals surface area contributed by atoms with Crippen molar-refractivity contribution in [3.63, 3.8) is 0 Å². The molecule has 1 heterocycles. The van der Waals surface area contributed by atoms with Crippen LogP contribution >= 0.6 is 0 Å². The van der Waals surface area contributed by atoms with Crippen LogP contribution < -0.4 is 16.0 Å². The molecule has 3 nitrogen and oxygen atoms in total. The van der Waals surface area contributed by atoms with Gasteiger partial charge in [0.2, 0.25) is 0 Å². The van der Waals surface area contributed by atoms with E-state index in [1.165, 1.54) is 5.69 Å². The van der Waals surface area contributed by atoms with Gasteiger partial charge in [0.1, 0.15) is 0 Å². The first-order valence-corrected chi connectivity index (χ1v) is 5.50. The summed E-state index contributed by atoms with van der Waals surface area (Å²) in [5, 5.41) is 3.46. The molecule has 1 aliphatic rings. The van der Waals surface area contributed by atoms with Crippen molar-refractivity contribution in [1.82, 2.24) is 0 Å². The van der Waals surface area contributed by atoms with E-state index in [0.29, 0.717) is 12.1 Å². The highest BCUT2D eigenvalue weighted by atomic mass is 15.2. The highest BCUT2D eigenvalue weighted by Crippen LogP contribution is 2.33. The molecule has 0 spiro atoms. The molecule has 0 bridgehead atoms. The van der Waals surface area contributed by atoms with E-state index in [2.05, 4.69) is 37.1 Å². The number of anilines is 3. The Kier molecular flexibility index (Phi) is 2.47. The summed E-state index contributed by atoms with van der Waals surface area (Å²) in [6, 6.07) is 7.08. The first kappa shape index (κ1) is 10.1. The van der Waals surface area contributed by atoms with Crippen LogP contribution in [0.3, 0.4) is 0 Å². The van der Waals surface area contributed by atoms with Crippen LogP contribution in [0.5, 0.6) is 0 Å². The number of nitrogen functional groups attached to an aromatic ring is 1. The molecule has 0 saturated carbocycles. The van der Waals surface area contributed by atoms with Gasteiger partial charge in [-0.2, -0.15) is 0 Å². The summed E-state index contributed by atoms with van der Waals surface area (Å²) in [5.41, 5.74) is 9.03. The Labute approximate surface area is 91.3 Å². The minimum Gasteiger partial charge on any atom is -0.399 e. The summed E-state index contributed by atoms with van der Waals surface area (Å²) in [5.74, 6) is 0. The molecule has 2 rings (SSSR count). The van der Waals surface area contributed by atoms with Crippen LogP contribution in [0.2, 0.25) is 0 Å². The fourth-order valence-electron chi connectivity index (χ4n) is 2.11. The van der Waals surface area contributed by atoms with Crippen molar-refractivity contribution < 1.29 is 0 Å². The maximum absolute atomic E-state index is 5.79. The number of nitrogens with one attached hydrogen (secondary N) is 1. The zero-order valence-electron chi connectivity index (χ0n) is 9.62. The number of hydrogen-bond acceptors (Lipinski definition) is 3. The van der Waals surface area contributed by atoms with Gasteiger partial charge in [0.15, 0.2) is 0 Å². The van der Waals surface area contributed by atoms with Gasteiger partial charge in [0, 0.05) is 24.3 Å². The predicted octanol–water partition coefficient (Wildman–Crippen LogP) is 2.30. The molecule has 1 unspecified atom stereocenters. The quantitative estimate of drug-likeness (QED) is 0.691. The molecule has 15 heavy (non-hydrogen) atoms. The average molecular weight is 205 g/mol. The van der Waals surface area contributed by atoms with Gasteiger partial charge in [-0.3, -0.25) is 0 Å². The first-order chi connectivity index (χ1) is 7.08. The lowest BCUT2D eigenvalue weighted by molar-refractivity contribution is 0.624. The third-order valence-electron chi connectivity index (χ3n) is 2.83. The van der Waals surface area contributed by atoms with E-state index in [-0.39, 0.29) is 0 Å². The molecule has 3 N–H and O–H groups in total. The molecule has 0 aromatic heterocycles. The van der Waals surface area contributed by atoms with Gasteiger partial charge in [-0.15, -0.1) is 0 Å². The maximum atomic E-state index is 5.79. The van der Waals surface area contributed by atoms with E-state index >= 15 is 0 Å². The van der Waals surface area contributed by atoms with Crippen LogP contribution in [0.15, 0.2) is 18.2 Å². The minimum atomic E-state index is 0.474. The zero-order valence-corrected chi connectivity index (χ0v) is 9.62. The van der Waals surface area contributed by atoms with Crippen LogP contribution in [0.1, 0.15) is 20.8 Å². The fraction of sp³-hybridized carbons (Fsp3) is 0.500. The molecule has 0 aliphatic carbocycles. The molecular formula is C12H19N3. The largest absolute Gasteiger partial charge is 0.399 e. The second-order valence-corrected chi connectivity index (χ2v) is 4.57. The lowest BCUT2D eigenvalue weighted by atomic mass is 10.1. The third-order valence-corrected chi connectivity index (χ3v) is 2.83. The normalized spacial score (nSPS) is 20.0. The Hall–Kier alpha value is -1.38. The van der Waals surface area contributed by atoms with Crippen molar-refractivity contribution >= 4 is 17.1 Å². The van der Waals surface area contributed by atoms with E-state index in [0.717, 1.165) is 17.9 Å². The number of fused-ring (bicyclic) bond motifs is 1. The van der Waals surface area contributed by atoms with Gasteiger partial charge in [0.05, 0.1) is 11.4 Å². The Balaban J connectivity index is 2.42. The number of benzene rings is 1. The van der Waals surface area contributed by atoms with Crippen molar-refractivity contribution in [2.24, 2.45) is 0 Å². The molecule has 1 aliphatic heterocycles. The lowest BCUT2D eigenvalue weighted by Crippen LogP contribution is -2.43. The fourth-order valence-corrected chi connectivity index (χ4v) is 2.11. The third kappa shape index (κ3) is 1.87. The number of nitrogens with two attached hydrogens (primary N) is 1. The Morgan fingerprint density at radius 3 is 2.87 bits per heavy atom. The van der Waals surface area contributed by atoms with Crippen molar-refractivity contribution in [1.29, 1.82) is 0 Å². The van der Waals surface area contributed by atoms with Crippen molar-refractivity contribution in [3.05, 3.63) is 18.2 Å². The van der Waals surface area contributed by atoms with Gasteiger partial charge in [-0.05, 0) is 39.0 Å². The highest BCUT2D eigenvalue weighted by Gasteiger charge is 2.22. The number of hydrogen-bond donors (Lipinski definition) is 2. The van der Waals surface area contributed by atoms with E-state index in [1.54, 1.807) is 0 Å². The monoisotopic (exact) mass is 205 g/mol. The summed E-state index contributed by atoms with van der Waals surface area (Å²) in [4.78, 5) is 2.41. The van der Waals surface area contributed by atoms with Gasteiger partial charge < -0.3 is 16.0 Å². The summed E-state index contributed by atoms with van der Waals surface area (Å²) in [6.45, 7) is 7.69. The molecule has 0 amide bonds. The Bertz CT molecular complexity index is 360. The van der Waals surface area contributed by atoms with Crippen LogP contribution in [-0.4, -0.2) is 18.6 Å². The number of rotatable bonds is 1. The molecule has 0 radical (unpaired) electrons. The van der Waals surface area contributed by atoms with E-state index in [1.807, 2.05) is 12.1 Å². The van der Waals surface area contributed by atoms with Crippen LogP contribution in [-0.2, 0) is 0 Å². The molecule has 0 fully saturated rings. The van der Waals surface area contributed by atoms with Gasteiger partial charge in [0.25, 0.3) is 0 Å². The van der Waals surface area contributed by atoms with Crippen molar-refractivity contribution in [2.75, 3.05) is 22.5 Å². The lowest BCUT2D eigenvalue weighted by Gasteiger charge is -2.38. The van der Waals surface area contributed by atoms with Gasteiger partial charge in [-0.25, -0.2) is 0 Å². The van der Waals surface area contributed by atoms with E-state index in [9.17, 15) is 0 Å². The van der Waals surface area contributed by atoms with Crippen LogP contribution in [0.25, 0.3) is 0 Å². The standard InChI is InChI=1S/C12H19N3/c1-8(2)15-7-9(3)14-11-6-10(13)4-5-12(11)15/h4-6,8-9,14H,7,13H2,1-3H3. The summed E-state index contributed by atoms with van der Waals surface area (Å²) in [7, 11) is 0. The molecule has 82 valence electrons. The predicted molar refractivity (Wildman–Crippen MR) is 66.4 cm³/mol.